The monoisotopic (exact) mass is 400 g/mol. The highest BCUT2D eigenvalue weighted by Gasteiger charge is 2.14. The van der Waals surface area contributed by atoms with Gasteiger partial charge in [0.1, 0.15) is 11.5 Å². The minimum Gasteiger partial charge on any atom is -0.427 e. The number of benzene rings is 3. The first-order valence-electron chi connectivity index (χ1n) is 9.84. The zero-order valence-electron chi connectivity index (χ0n) is 17.3. The fourth-order valence-electron chi connectivity index (χ4n) is 3.42. The van der Waals surface area contributed by atoms with E-state index in [1.54, 1.807) is 18.2 Å². The molecule has 0 aliphatic rings. The lowest BCUT2D eigenvalue weighted by molar-refractivity contribution is -0.132. The van der Waals surface area contributed by atoms with E-state index in [9.17, 15) is 9.59 Å². The summed E-state index contributed by atoms with van der Waals surface area (Å²) in [5.74, 6) is 0.280. The highest BCUT2D eigenvalue weighted by atomic mass is 16.5. The maximum atomic E-state index is 11.4. The summed E-state index contributed by atoms with van der Waals surface area (Å²) >= 11 is 0. The number of hydrogen-bond acceptors (Lipinski definition) is 4. The van der Waals surface area contributed by atoms with E-state index in [2.05, 4.69) is 19.1 Å². The zero-order valence-corrected chi connectivity index (χ0v) is 17.3. The van der Waals surface area contributed by atoms with E-state index >= 15 is 0 Å². The van der Waals surface area contributed by atoms with E-state index in [1.807, 2.05) is 48.5 Å². The molecule has 0 fully saturated rings. The second-order valence-electron chi connectivity index (χ2n) is 6.81. The Morgan fingerprint density at radius 3 is 1.87 bits per heavy atom. The number of esters is 2. The summed E-state index contributed by atoms with van der Waals surface area (Å²) in [7, 11) is 0. The summed E-state index contributed by atoms with van der Waals surface area (Å²) in [5, 5.41) is 0. The van der Waals surface area contributed by atoms with Crippen LogP contribution in [0.1, 0.15) is 43.9 Å². The van der Waals surface area contributed by atoms with E-state index in [-0.39, 0.29) is 11.9 Å². The molecule has 0 bridgehead atoms. The SMILES string of the molecule is CC/C(=C(/c1ccc(OC(C)=O)cc1)c1cccc(OC(C)=O)c1)c1ccccc1. The van der Waals surface area contributed by atoms with Gasteiger partial charge in [-0.15, -0.1) is 0 Å². The molecule has 0 saturated heterocycles. The van der Waals surface area contributed by atoms with Crippen LogP contribution in [0, 0.1) is 0 Å². The molecule has 30 heavy (non-hydrogen) atoms. The van der Waals surface area contributed by atoms with E-state index < -0.39 is 0 Å². The Hall–Kier alpha value is -3.66. The Morgan fingerprint density at radius 2 is 1.27 bits per heavy atom. The molecule has 0 atom stereocenters. The van der Waals surface area contributed by atoms with Crippen molar-refractivity contribution in [2.24, 2.45) is 0 Å². The molecule has 0 radical (unpaired) electrons. The molecule has 0 spiro atoms. The van der Waals surface area contributed by atoms with Gasteiger partial charge in [0.15, 0.2) is 0 Å². The predicted octanol–water partition coefficient (Wildman–Crippen LogP) is 5.91. The molecule has 152 valence electrons. The molecule has 3 aromatic rings. The maximum Gasteiger partial charge on any atom is 0.308 e. The molecule has 0 aliphatic carbocycles. The fraction of sp³-hybridized carbons (Fsp3) is 0.154. The van der Waals surface area contributed by atoms with E-state index in [1.165, 1.54) is 13.8 Å². The number of allylic oxidation sites excluding steroid dienone is 1. The number of carbonyl (C=O) groups is 2. The quantitative estimate of drug-likeness (QED) is 0.293. The van der Waals surface area contributed by atoms with Crippen molar-refractivity contribution >= 4 is 23.1 Å². The first kappa shape index (κ1) is 21.1. The van der Waals surface area contributed by atoms with Gasteiger partial charge in [-0.1, -0.05) is 61.5 Å². The van der Waals surface area contributed by atoms with E-state index in [4.69, 9.17) is 9.47 Å². The molecule has 0 amide bonds. The molecule has 0 N–H and O–H groups in total. The van der Waals surface area contributed by atoms with E-state index in [0.717, 1.165) is 34.3 Å². The van der Waals surface area contributed by atoms with Gasteiger partial charge < -0.3 is 9.47 Å². The summed E-state index contributed by atoms with van der Waals surface area (Å²) in [4.78, 5) is 22.7. The third-order valence-electron chi connectivity index (χ3n) is 4.57. The van der Waals surface area contributed by atoms with Crippen molar-refractivity contribution in [2.45, 2.75) is 27.2 Å². The molecule has 3 rings (SSSR count). The van der Waals surface area contributed by atoms with Crippen LogP contribution < -0.4 is 9.47 Å². The normalized spacial score (nSPS) is 11.4. The van der Waals surface area contributed by atoms with Crippen molar-refractivity contribution in [3.63, 3.8) is 0 Å². The molecule has 0 heterocycles. The summed E-state index contributed by atoms with van der Waals surface area (Å²) in [6.07, 6.45) is 0.808. The summed E-state index contributed by atoms with van der Waals surface area (Å²) in [6, 6.07) is 25.1. The molecular weight excluding hydrogens is 376 g/mol. The first-order chi connectivity index (χ1) is 14.5. The Kier molecular flexibility index (Phi) is 6.81. The zero-order chi connectivity index (χ0) is 21.5. The lowest BCUT2D eigenvalue weighted by atomic mass is 9.88. The topological polar surface area (TPSA) is 52.6 Å². The molecular formula is C26H24O4. The van der Waals surface area contributed by atoms with Gasteiger partial charge in [0.25, 0.3) is 0 Å². The van der Waals surface area contributed by atoms with Crippen LogP contribution in [-0.4, -0.2) is 11.9 Å². The number of ether oxygens (including phenoxy) is 2. The Labute approximate surface area is 176 Å². The molecule has 0 aromatic heterocycles. The van der Waals surface area contributed by atoms with Crippen LogP contribution in [0.25, 0.3) is 11.1 Å². The van der Waals surface area contributed by atoms with E-state index in [0.29, 0.717) is 11.5 Å². The standard InChI is InChI=1S/C26H24O4/c1-4-25(20-9-6-5-7-10-20)26(21-13-15-23(16-14-21)29-18(2)27)22-11-8-12-24(17-22)30-19(3)28/h5-17H,4H2,1-3H3/b26-25+. The Morgan fingerprint density at radius 1 is 0.667 bits per heavy atom. The Bertz CT molecular complexity index is 1060. The van der Waals surface area contributed by atoms with Crippen LogP contribution in [0.2, 0.25) is 0 Å². The van der Waals surface area contributed by atoms with Crippen molar-refractivity contribution in [1.82, 2.24) is 0 Å². The molecule has 0 aliphatic heterocycles. The highest BCUT2D eigenvalue weighted by Crippen LogP contribution is 2.36. The maximum absolute atomic E-state index is 11.4. The van der Waals surface area contributed by atoms with Crippen LogP contribution in [0.4, 0.5) is 0 Å². The van der Waals surface area contributed by atoms with Crippen LogP contribution >= 0.6 is 0 Å². The average molecular weight is 400 g/mol. The lowest BCUT2D eigenvalue weighted by Gasteiger charge is -2.17. The van der Waals surface area contributed by atoms with Crippen molar-refractivity contribution in [2.75, 3.05) is 0 Å². The first-order valence-corrected chi connectivity index (χ1v) is 9.84. The fourth-order valence-corrected chi connectivity index (χ4v) is 3.42. The number of hydrogen-bond donors (Lipinski definition) is 0. The van der Waals surface area contributed by atoms with Gasteiger partial charge in [0.05, 0.1) is 0 Å². The summed E-state index contributed by atoms with van der Waals surface area (Å²) in [5.41, 5.74) is 5.24. The lowest BCUT2D eigenvalue weighted by Crippen LogP contribution is -2.03. The van der Waals surface area contributed by atoms with Crippen molar-refractivity contribution in [3.05, 3.63) is 95.6 Å². The van der Waals surface area contributed by atoms with Gasteiger partial charge >= 0.3 is 11.9 Å². The molecule has 3 aromatic carbocycles. The highest BCUT2D eigenvalue weighted by molar-refractivity contribution is 5.98. The van der Waals surface area contributed by atoms with Gasteiger partial charge in [0.2, 0.25) is 0 Å². The van der Waals surface area contributed by atoms with Crippen LogP contribution in [-0.2, 0) is 9.59 Å². The van der Waals surface area contributed by atoms with Gasteiger partial charge in [-0.3, -0.25) is 9.59 Å². The summed E-state index contributed by atoms with van der Waals surface area (Å²) in [6.45, 7) is 4.88. The van der Waals surface area contributed by atoms with Crippen molar-refractivity contribution in [1.29, 1.82) is 0 Å². The minimum atomic E-state index is -0.359. The van der Waals surface area contributed by atoms with Crippen LogP contribution in [0.5, 0.6) is 11.5 Å². The van der Waals surface area contributed by atoms with Gasteiger partial charge in [-0.2, -0.15) is 0 Å². The van der Waals surface area contributed by atoms with Gasteiger partial charge in [0, 0.05) is 13.8 Å². The van der Waals surface area contributed by atoms with Gasteiger partial charge in [-0.05, 0) is 58.5 Å². The van der Waals surface area contributed by atoms with Crippen LogP contribution in [0.15, 0.2) is 78.9 Å². The second-order valence-corrected chi connectivity index (χ2v) is 6.81. The van der Waals surface area contributed by atoms with Crippen molar-refractivity contribution < 1.29 is 19.1 Å². The largest absolute Gasteiger partial charge is 0.427 e. The predicted molar refractivity (Wildman–Crippen MR) is 118 cm³/mol. The molecule has 0 saturated carbocycles. The van der Waals surface area contributed by atoms with Crippen LogP contribution in [0.3, 0.4) is 0 Å². The average Bonchev–Trinajstić information content (AvgIpc) is 2.72. The smallest absolute Gasteiger partial charge is 0.308 e. The minimum absolute atomic E-state index is 0.355. The summed E-state index contributed by atoms with van der Waals surface area (Å²) < 4.78 is 10.5. The molecule has 0 unspecified atom stereocenters. The van der Waals surface area contributed by atoms with Gasteiger partial charge in [-0.25, -0.2) is 0 Å². The number of rotatable bonds is 6. The Balaban J connectivity index is 2.18. The number of carbonyl (C=O) groups excluding carboxylic acids is 2. The third kappa shape index (κ3) is 5.23. The molecule has 4 heteroatoms. The third-order valence-corrected chi connectivity index (χ3v) is 4.57. The molecule has 4 nitrogen and oxygen atoms in total. The van der Waals surface area contributed by atoms with Crippen molar-refractivity contribution in [3.8, 4) is 11.5 Å². The second kappa shape index (κ2) is 9.70.